The highest BCUT2D eigenvalue weighted by Crippen LogP contribution is 2.08. The van der Waals surface area contributed by atoms with Gasteiger partial charge in [-0.3, -0.25) is 4.79 Å². The summed E-state index contributed by atoms with van der Waals surface area (Å²) in [5.41, 5.74) is -0.633. The highest BCUT2D eigenvalue weighted by molar-refractivity contribution is 5.83. The summed E-state index contributed by atoms with van der Waals surface area (Å²) in [6, 6.07) is -0.322. The fourth-order valence-corrected chi connectivity index (χ4v) is 1.35. The first-order valence-corrected chi connectivity index (χ1v) is 4.66. The third-order valence-corrected chi connectivity index (χ3v) is 2.22. The third kappa shape index (κ3) is 2.72. The molecule has 0 spiro atoms. The number of hydrogen-bond donors (Lipinski definition) is 3. The SMILES string of the molecule is C#CC(C)(C)NC(=O)C1CC(O)CN1. The second kappa shape index (κ2) is 3.99. The largest absolute Gasteiger partial charge is 0.392 e. The number of amides is 1. The lowest BCUT2D eigenvalue weighted by molar-refractivity contribution is -0.124. The molecule has 2 unspecified atom stereocenters. The van der Waals surface area contributed by atoms with Gasteiger partial charge in [-0.25, -0.2) is 0 Å². The van der Waals surface area contributed by atoms with Crippen molar-refractivity contribution >= 4 is 5.91 Å². The third-order valence-electron chi connectivity index (χ3n) is 2.22. The molecule has 2 atom stereocenters. The molecule has 4 nitrogen and oxygen atoms in total. The minimum atomic E-state index is -0.633. The molecular formula is C10H16N2O2. The van der Waals surface area contributed by atoms with Gasteiger partial charge in [0.25, 0.3) is 0 Å². The molecule has 0 radical (unpaired) electrons. The first-order valence-electron chi connectivity index (χ1n) is 4.66. The number of aliphatic hydroxyl groups excluding tert-OH is 1. The Morgan fingerprint density at radius 2 is 2.36 bits per heavy atom. The monoisotopic (exact) mass is 196 g/mol. The standard InChI is InChI=1S/C10H16N2O2/c1-4-10(2,3)12-9(14)8-5-7(13)6-11-8/h1,7-8,11,13H,5-6H2,2-3H3,(H,12,14). The van der Waals surface area contributed by atoms with Gasteiger partial charge in [-0.1, -0.05) is 5.92 Å². The van der Waals surface area contributed by atoms with E-state index in [4.69, 9.17) is 6.42 Å². The predicted octanol–water partition coefficient (Wildman–Crippen LogP) is -0.763. The number of β-amino-alcohol motifs (C(OH)–C–C–N with tert-alkyl or cyclic N) is 1. The summed E-state index contributed by atoms with van der Waals surface area (Å²) in [5.74, 6) is 2.34. The van der Waals surface area contributed by atoms with Crippen molar-refractivity contribution in [2.45, 2.75) is 38.0 Å². The van der Waals surface area contributed by atoms with E-state index in [1.54, 1.807) is 13.8 Å². The predicted molar refractivity (Wildman–Crippen MR) is 53.5 cm³/mol. The van der Waals surface area contributed by atoms with Gasteiger partial charge in [0.15, 0.2) is 0 Å². The smallest absolute Gasteiger partial charge is 0.238 e. The molecule has 1 fully saturated rings. The summed E-state index contributed by atoms with van der Waals surface area (Å²) < 4.78 is 0. The summed E-state index contributed by atoms with van der Waals surface area (Å²) in [6.07, 6.45) is 5.27. The van der Waals surface area contributed by atoms with E-state index in [1.807, 2.05) is 0 Å². The summed E-state index contributed by atoms with van der Waals surface area (Å²) in [5, 5.41) is 14.9. The van der Waals surface area contributed by atoms with Crippen molar-refractivity contribution in [1.82, 2.24) is 10.6 Å². The Labute approximate surface area is 84.1 Å². The van der Waals surface area contributed by atoms with Gasteiger partial charge in [0.05, 0.1) is 17.7 Å². The van der Waals surface area contributed by atoms with Crippen molar-refractivity contribution in [2.24, 2.45) is 0 Å². The minimum Gasteiger partial charge on any atom is -0.392 e. The molecule has 1 rings (SSSR count). The fourth-order valence-electron chi connectivity index (χ4n) is 1.35. The maximum atomic E-state index is 11.6. The lowest BCUT2D eigenvalue weighted by atomic mass is 10.1. The molecule has 1 aliphatic rings. The van der Waals surface area contributed by atoms with Crippen LogP contribution in [0.25, 0.3) is 0 Å². The van der Waals surface area contributed by atoms with Gasteiger partial charge in [-0.15, -0.1) is 6.42 Å². The molecule has 4 heteroatoms. The highest BCUT2D eigenvalue weighted by atomic mass is 16.3. The number of carbonyl (C=O) groups is 1. The Hall–Kier alpha value is -1.05. The van der Waals surface area contributed by atoms with Gasteiger partial charge in [0, 0.05) is 6.54 Å². The number of aliphatic hydroxyl groups is 1. The van der Waals surface area contributed by atoms with Crippen LogP contribution in [0.2, 0.25) is 0 Å². The van der Waals surface area contributed by atoms with E-state index in [9.17, 15) is 9.90 Å². The van der Waals surface area contributed by atoms with Crippen LogP contribution in [-0.2, 0) is 4.79 Å². The minimum absolute atomic E-state index is 0.149. The van der Waals surface area contributed by atoms with Gasteiger partial charge in [-0.05, 0) is 20.3 Å². The lowest BCUT2D eigenvalue weighted by Gasteiger charge is -2.22. The van der Waals surface area contributed by atoms with Crippen molar-refractivity contribution in [1.29, 1.82) is 0 Å². The Balaban J connectivity index is 2.48. The molecule has 0 bridgehead atoms. The van der Waals surface area contributed by atoms with Crippen molar-refractivity contribution in [3.63, 3.8) is 0 Å². The molecule has 0 aliphatic carbocycles. The van der Waals surface area contributed by atoms with Crippen LogP contribution in [0.3, 0.4) is 0 Å². The summed E-state index contributed by atoms with van der Waals surface area (Å²) in [4.78, 5) is 11.6. The Kier molecular flexibility index (Phi) is 3.14. The van der Waals surface area contributed by atoms with Gasteiger partial charge in [0.1, 0.15) is 0 Å². The van der Waals surface area contributed by atoms with Crippen molar-refractivity contribution in [3.05, 3.63) is 0 Å². The number of nitrogens with one attached hydrogen (secondary N) is 2. The Morgan fingerprint density at radius 1 is 1.71 bits per heavy atom. The molecule has 1 saturated heterocycles. The van der Waals surface area contributed by atoms with E-state index in [-0.39, 0.29) is 11.9 Å². The highest BCUT2D eigenvalue weighted by Gasteiger charge is 2.30. The average Bonchev–Trinajstić information content (AvgIpc) is 2.51. The van der Waals surface area contributed by atoms with E-state index in [1.165, 1.54) is 0 Å². The zero-order valence-electron chi connectivity index (χ0n) is 8.50. The van der Waals surface area contributed by atoms with E-state index in [2.05, 4.69) is 16.6 Å². The van der Waals surface area contributed by atoms with E-state index in [0.717, 1.165) is 0 Å². The summed E-state index contributed by atoms with van der Waals surface area (Å²) in [7, 11) is 0. The van der Waals surface area contributed by atoms with Crippen LogP contribution >= 0.6 is 0 Å². The maximum Gasteiger partial charge on any atom is 0.238 e. The second-order valence-corrected chi connectivity index (χ2v) is 4.11. The summed E-state index contributed by atoms with van der Waals surface area (Å²) >= 11 is 0. The van der Waals surface area contributed by atoms with E-state index < -0.39 is 11.6 Å². The molecule has 3 N–H and O–H groups in total. The summed E-state index contributed by atoms with van der Waals surface area (Å²) in [6.45, 7) is 3.99. The number of terminal acetylenes is 1. The van der Waals surface area contributed by atoms with Crippen LogP contribution in [-0.4, -0.2) is 35.2 Å². The van der Waals surface area contributed by atoms with Crippen LogP contribution in [0.4, 0.5) is 0 Å². The normalized spacial score (nSPS) is 27.0. The molecule has 14 heavy (non-hydrogen) atoms. The second-order valence-electron chi connectivity index (χ2n) is 4.11. The number of hydrogen-bond acceptors (Lipinski definition) is 3. The van der Waals surface area contributed by atoms with Crippen molar-refractivity contribution in [2.75, 3.05) is 6.54 Å². The van der Waals surface area contributed by atoms with Crippen LogP contribution in [0.5, 0.6) is 0 Å². The Morgan fingerprint density at radius 3 is 2.79 bits per heavy atom. The topological polar surface area (TPSA) is 61.4 Å². The fraction of sp³-hybridized carbons (Fsp3) is 0.700. The lowest BCUT2D eigenvalue weighted by Crippen LogP contribution is -2.49. The zero-order chi connectivity index (χ0) is 10.8. The Bertz CT molecular complexity index is 268. The molecule has 0 aromatic rings. The van der Waals surface area contributed by atoms with Gasteiger partial charge in [-0.2, -0.15) is 0 Å². The number of rotatable bonds is 2. The molecule has 0 saturated carbocycles. The van der Waals surface area contributed by atoms with E-state index >= 15 is 0 Å². The molecule has 1 amide bonds. The van der Waals surface area contributed by atoms with Gasteiger partial charge >= 0.3 is 0 Å². The maximum absolute atomic E-state index is 11.6. The first kappa shape index (κ1) is 11.0. The molecule has 0 aromatic heterocycles. The van der Waals surface area contributed by atoms with Crippen LogP contribution in [0, 0.1) is 12.3 Å². The van der Waals surface area contributed by atoms with Gasteiger partial charge in [0.2, 0.25) is 5.91 Å². The molecular weight excluding hydrogens is 180 g/mol. The van der Waals surface area contributed by atoms with Crippen LogP contribution < -0.4 is 10.6 Å². The first-order chi connectivity index (χ1) is 6.44. The molecule has 1 aliphatic heterocycles. The van der Waals surface area contributed by atoms with E-state index in [0.29, 0.717) is 13.0 Å². The number of carbonyl (C=O) groups excluding carboxylic acids is 1. The van der Waals surface area contributed by atoms with Gasteiger partial charge < -0.3 is 15.7 Å². The van der Waals surface area contributed by atoms with Crippen molar-refractivity contribution < 1.29 is 9.90 Å². The molecule has 0 aromatic carbocycles. The van der Waals surface area contributed by atoms with Crippen LogP contribution in [0.1, 0.15) is 20.3 Å². The zero-order valence-corrected chi connectivity index (χ0v) is 8.50. The quantitative estimate of drug-likeness (QED) is 0.509. The molecule has 1 heterocycles. The van der Waals surface area contributed by atoms with Crippen molar-refractivity contribution in [3.8, 4) is 12.3 Å². The average molecular weight is 196 g/mol. The van der Waals surface area contributed by atoms with Crippen LogP contribution in [0.15, 0.2) is 0 Å². The molecule has 78 valence electrons.